The van der Waals surface area contributed by atoms with Crippen molar-refractivity contribution in [2.24, 2.45) is 0 Å². The lowest BCUT2D eigenvalue weighted by Gasteiger charge is -2.22. The van der Waals surface area contributed by atoms with E-state index in [1.54, 1.807) is 36.4 Å². The molecule has 1 aromatic heterocycles. The van der Waals surface area contributed by atoms with E-state index >= 15 is 0 Å². The van der Waals surface area contributed by atoms with Crippen LogP contribution >= 0.6 is 0 Å². The summed E-state index contributed by atoms with van der Waals surface area (Å²) < 4.78 is 49.2. The van der Waals surface area contributed by atoms with Gasteiger partial charge in [0.15, 0.2) is 0 Å². The van der Waals surface area contributed by atoms with Gasteiger partial charge in [0.2, 0.25) is 11.3 Å². The van der Waals surface area contributed by atoms with Crippen molar-refractivity contribution < 1.29 is 32.6 Å². The molecule has 11 heteroatoms. The molecule has 0 saturated carbocycles. The monoisotopic (exact) mass is 629 g/mol. The lowest BCUT2D eigenvalue weighted by Crippen LogP contribution is -2.24. The first-order valence-corrected chi connectivity index (χ1v) is 14.3. The highest BCUT2D eigenvalue weighted by Gasteiger charge is 2.33. The average Bonchev–Trinajstić information content (AvgIpc) is 3.00. The number of alkyl halides is 3. The summed E-state index contributed by atoms with van der Waals surface area (Å²) in [6, 6.07) is 24.3. The molecule has 8 nitrogen and oxygen atoms in total. The topological polar surface area (TPSA) is 101 Å². The van der Waals surface area contributed by atoms with E-state index in [2.05, 4.69) is 5.32 Å². The normalized spacial score (nSPS) is 11.5. The number of ether oxygens (including phenoxy) is 1. The summed E-state index contributed by atoms with van der Waals surface area (Å²) in [5.41, 5.74) is -0.139. The van der Waals surface area contributed by atoms with Crippen LogP contribution in [0.15, 0.2) is 102 Å². The van der Waals surface area contributed by atoms with Gasteiger partial charge in [0.1, 0.15) is 17.1 Å². The van der Waals surface area contributed by atoms with Crippen molar-refractivity contribution in [3.63, 3.8) is 0 Å². The van der Waals surface area contributed by atoms with Crippen molar-refractivity contribution in [3.05, 3.63) is 135 Å². The third kappa shape index (κ3) is 7.27. The van der Waals surface area contributed by atoms with Crippen molar-refractivity contribution in [3.8, 4) is 11.5 Å². The van der Waals surface area contributed by atoms with Gasteiger partial charge in [-0.15, -0.1) is 0 Å². The minimum Gasteiger partial charge on any atom is -0.477 e. The van der Waals surface area contributed by atoms with Crippen LogP contribution in [0.1, 0.15) is 39.5 Å². The van der Waals surface area contributed by atoms with Crippen LogP contribution in [0.4, 0.5) is 18.9 Å². The van der Waals surface area contributed by atoms with Gasteiger partial charge in [-0.05, 0) is 60.6 Å². The zero-order chi connectivity index (χ0) is 33.0. The predicted molar refractivity (Wildman–Crippen MR) is 168 cm³/mol. The first-order chi connectivity index (χ1) is 21.9. The third-order valence-corrected chi connectivity index (χ3v) is 7.33. The number of amides is 1. The highest BCUT2D eigenvalue weighted by Crippen LogP contribution is 2.35. The van der Waals surface area contributed by atoms with Crippen LogP contribution in [-0.4, -0.2) is 33.5 Å². The van der Waals surface area contributed by atoms with Crippen LogP contribution < -0.4 is 15.5 Å². The molecule has 0 atom stereocenters. The summed E-state index contributed by atoms with van der Waals surface area (Å²) in [5.74, 6) is -1.10. The standard InChI is InChI=1S/C35H30F3N3O5/c1-22(42)39-25-12-14-26(15-13-25)46-31-17-16-30-32(27(31)20-40(2)18-23-8-4-3-5-9-23)33(43)28(34(44)45)21-41(30)19-24-10-6-7-11-29(24)35(36,37)38/h3-17,21H,18-20H2,1-2H3,(H,39,42)(H,44,45). The Kier molecular flexibility index (Phi) is 9.24. The maximum atomic E-state index is 13.9. The molecule has 1 heterocycles. The van der Waals surface area contributed by atoms with Crippen molar-refractivity contribution in [1.29, 1.82) is 0 Å². The van der Waals surface area contributed by atoms with Gasteiger partial charge in [-0.25, -0.2) is 4.79 Å². The number of nitrogens with one attached hydrogen (secondary N) is 1. The van der Waals surface area contributed by atoms with E-state index in [1.165, 1.54) is 29.7 Å². The molecule has 1 amide bonds. The van der Waals surface area contributed by atoms with Crippen molar-refractivity contribution >= 4 is 28.5 Å². The number of carboxylic acids is 1. The van der Waals surface area contributed by atoms with E-state index in [1.807, 2.05) is 42.3 Å². The number of aromatic carboxylic acids is 1. The van der Waals surface area contributed by atoms with Crippen LogP contribution in [0, 0.1) is 0 Å². The summed E-state index contributed by atoms with van der Waals surface area (Å²) in [7, 11) is 1.83. The summed E-state index contributed by atoms with van der Waals surface area (Å²) in [4.78, 5) is 39.5. The van der Waals surface area contributed by atoms with Gasteiger partial charge < -0.3 is 19.7 Å². The summed E-state index contributed by atoms with van der Waals surface area (Å²) in [6.45, 7) is 1.67. The van der Waals surface area contributed by atoms with E-state index in [0.29, 0.717) is 23.5 Å². The lowest BCUT2D eigenvalue weighted by atomic mass is 10.0. The van der Waals surface area contributed by atoms with E-state index in [4.69, 9.17) is 4.74 Å². The zero-order valence-corrected chi connectivity index (χ0v) is 25.0. The smallest absolute Gasteiger partial charge is 0.416 e. The van der Waals surface area contributed by atoms with Crippen LogP contribution in [0.25, 0.3) is 10.9 Å². The molecular weight excluding hydrogens is 599 g/mol. The van der Waals surface area contributed by atoms with Gasteiger partial charge >= 0.3 is 12.1 Å². The Hall–Kier alpha value is -5.42. The Bertz CT molecular complexity index is 1960. The Morgan fingerprint density at radius 1 is 0.913 bits per heavy atom. The number of hydrogen-bond acceptors (Lipinski definition) is 5. The van der Waals surface area contributed by atoms with Crippen LogP contribution in [-0.2, 0) is 30.6 Å². The van der Waals surface area contributed by atoms with E-state index in [0.717, 1.165) is 17.8 Å². The number of nitrogens with zero attached hydrogens (tertiary/aromatic N) is 2. The molecule has 4 aromatic carbocycles. The summed E-state index contributed by atoms with van der Waals surface area (Å²) >= 11 is 0. The number of carbonyl (C=O) groups is 2. The molecular formula is C35H30F3N3O5. The molecule has 0 bridgehead atoms. The number of pyridine rings is 1. The van der Waals surface area contributed by atoms with Crippen molar-refractivity contribution in [2.75, 3.05) is 12.4 Å². The molecule has 0 fully saturated rings. The highest BCUT2D eigenvalue weighted by molar-refractivity contribution is 5.94. The Balaban J connectivity index is 1.67. The van der Waals surface area contributed by atoms with Crippen LogP contribution in [0.3, 0.4) is 0 Å². The molecule has 0 aliphatic carbocycles. The number of hydrogen-bond donors (Lipinski definition) is 2. The third-order valence-electron chi connectivity index (χ3n) is 7.33. The lowest BCUT2D eigenvalue weighted by molar-refractivity contribution is -0.138. The van der Waals surface area contributed by atoms with Gasteiger partial charge in [-0.1, -0.05) is 48.5 Å². The number of carboxylic acid groups (broad SMARTS) is 1. The van der Waals surface area contributed by atoms with Gasteiger partial charge in [-0.2, -0.15) is 13.2 Å². The quantitative estimate of drug-likeness (QED) is 0.170. The Labute approximate surface area is 262 Å². The van der Waals surface area contributed by atoms with E-state index < -0.39 is 28.7 Å². The van der Waals surface area contributed by atoms with Gasteiger partial charge in [0.05, 0.1) is 16.5 Å². The predicted octanol–water partition coefficient (Wildman–Crippen LogP) is 7.15. The highest BCUT2D eigenvalue weighted by atomic mass is 19.4. The number of halogens is 3. The first-order valence-electron chi connectivity index (χ1n) is 14.3. The van der Waals surface area contributed by atoms with Crippen molar-refractivity contribution in [1.82, 2.24) is 9.47 Å². The summed E-state index contributed by atoms with van der Waals surface area (Å²) in [6.07, 6.45) is -3.55. The maximum absolute atomic E-state index is 13.9. The van der Waals surface area contributed by atoms with Gasteiger partial charge in [-0.3, -0.25) is 14.5 Å². The number of benzene rings is 4. The SMILES string of the molecule is CC(=O)Nc1ccc(Oc2ccc3c(c2CN(C)Cc2ccccc2)c(=O)c(C(=O)O)cn3Cc2ccccc2C(F)(F)F)cc1. The van der Waals surface area contributed by atoms with E-state index in [-0.39, 0.29) is 41.2 Å². The Morgan fingerprint density at radius 3 is 2.24 bits per heavy atom. The fraction of sp³-hybridized carbons (Fsp3) is 0.171. The number of carbonyl (C=O) groups excluding carboxylic acids is 1. The van der Waals surface area contributed by atoms with E-state index in [9.17, 15) is 32.7 Å². The van der Waals surface area contributed by atoms with Gasteiger partial charge in [0.25, 0.3) is 0 Å². The van der Waals surface area contributed by atoms with Gasteiger partial charge in [0, 0.05) is 44.0 Å². The minimum absolute atomic E-state index is 0.0247. The second kappa shape index (κ2) is 13.3. The average molecular weight is 630 g/mol. The molecule has 0 unspecified atom stereocenters. The fourth-order valence-corrected chi connectivity index (χ4v) is 5.34. The van der Waals surface area contributed by atoms with Crippen LogP contribution in [0.5, 0.6) is 11.5 Å². The Morgan fingerprint density at radius 2 is 1.59 bits per heavy atom. The molecule has 0 aliphatic rings. The molecule has 2 N–H and O–H groups in total. The minimum atomic E-state index is -4.64. The number of aromatic nitrogens is 1. The van der Waals surface area contributed by atoms with Crippen LogP contribution in [0.2, 0.25) is 0 Å². The van der Waals surface area contributed by atoms with Crippen molar-refractivity contribution in [2.45, 2.75) is 32.7 Å². The number of anilines is 1. The number of rotatable bonds is 10. The molecule has 0 radical (unpaired) electrons. The molecule has 236 valence electrons. The molecule has 46 heavy (non-hydrogen) atoms. The molecule has 0 spiro atoms. The number of fused-ring (bicyclic) bond motifs is 1. The molecule has 5 rings (SSSR count). The zero-order valence-electron chi connectivity index (χ0n) is 25.0. The second-order valence-corrected chi connectivity index (χ2v) is 10.9. The maximum Gasteiger partial charge on any atom is 0.416 e. The fourth-order valence-electron chi connectivity index (χ4n) is 5.34. The molecule has 0 aliphatic heterocycles. The summed E-state index contributed by atoms with van der Waals surface area (Å²) in [5, 5.41) is 12.7. The largest absolute Gasteiger partial charge is 0.477 e. The molecule has 5 aromatic rings. The second-order valence-electron chi connectivity index (χ2n) is 10.9. The molecule has 0 saturated heterocycles. The first kappa shape index (κ1) is 32.0.